The highest BCUT2D eigenvalue weighted by molar-refractivity contribution is 7.13. The highest BCUT2D eigenvalue weighted by Gasteiger charge is 2.26. The summed E-state index contributed by atoms with van der Waals surface area (Å²) in [5.74, 6) is -1.19. The van der Waals surface area contributed by atoms with Crippen molar-refractivity contribution in [3.05, 3.63) is 11.1 Å². The topological polar surface area (TPSA) is 120 Å². The number of hydrogen-bond donors (Lipinski definition) is 4. The van der Waals surface area contributed by atoms with Crippen LogP contribution in [0.25, 0.3) is 0 Å². The van der Waals surface area contributed by atoms with E-state index >= 15 is 0 Å². The molecule has 108 valence electrons. The van der Waals surface area contributed by atoms with Crippen LogP contribution in [0.4, 0.5) is 9.93 Å². The number of urea groups is 1. The molecule has 1 saturated carbocycles. The molecule has 1 heterocycles. The molecule has 4 N–H and O–H groups in total. The Balaban J connectivity index is 1.69. The van der Waals surface area contributed by atoms with Crippen molar-refractivity contribution in [1.82, 2.24) is 15.6 Å². The zero-order valence-electron chi connectivity index (χ0n) is 10.5. The molecule has 3 amide bonds. The quantitative estimate of drug-likeness (QED) is 0.603. The Bertz CT molecular complexity index is 526. The summed E-state index contributed by atoms with van der Waals surface area (Å²) in [6, 6.07) is -0.549. The number of nitrogens with one attached hydrogen (secondary N) is 3. The lowest BCUT2D eigenvalue weighted by Gasteiger charge is -2.05. The zero-order valence-corrected chi connectivity index (χ0v) is 11.3. The summed E-state index contributed by atoms with van der Waals surface area (Å²) in [5.41, 5.74) is 0.990. The maximum atomic E-state index is 11.5. The lowest BCUT2D eigenvalue weighted by Crippen LogP contribution is -2.40. The average Bonchev–Trinajstić information content (AvgIpc) is 3.15. The first kappa shape index (κ1) is 14.3. The van der Waals surface area contributed by atoms with Gasteiger partial charge in [-0.3, -0.25) is 14.9 Å². The number of anilines is 1. The van der Waals surface area contributed by atoms with E-state index < -0.39 is 24.5 Å². The maximum absolute atomic E-state index is 11.5. The first-order valence-corrected chi connectivity index (χ1v) is 6.91. The minimum Gasteiger partial charge on any atom is -0.480 e. The highest BCUT2D eigenvalue weighted by atomic mass is 32.1. The second-order valence-electron chi connectivity index (χ2n) is 4.33. The summed E-state index contributed by atoms with van der Waals surface area (Å²) in [6.45, 7) is -0.765. The Morgan fingerprint density at radius 3 is 2.70 bits per heavy atom. The van der Waals surface area contributed by atoms with Crippen molar-refractivity contribution in [2.24, 2.45) is 0 Å². The standard InChI is InChI=1S/C11H14N4O4S/c16-8(12-4-9(17)18)3-13-10(19)15-11-14-7(5-20-11)6-1-2-6/h5-6H,1-4H2,(H,12,16)(H,17,18)(H2,13,14,15,19). The molecule has 8 nitrogen and oxygen atoms in total. The van der Waals surface area contributed by atoms with Crippen LogP contribution < -0.4 is 16.0 Å². The lowest BCUT2D eigenvalue weighted by atomic mass is 10.3. The van der Waals surface area contributed by atoms with Crippen LogP contribution >= 0.6 is 11.3 Å². The van der Waals surface area contributed by atoms with E-state index in [2.05, 4.69) is 20.9 Å². The van der Waals surface area contributed by atoms with Gasteiger partial charge in [0.2, 0.25) is 5.91 Å². The van der Waals surface area contributed by atoms with Crippen molar-refractivity contribution in [3.63, 3.8) is 0 Å². The molecule has 1 aliphatic carbocycles. The van der Waals surface area contributed by atoms with E-state index in [-0.39, 0.29) is 6.54 Å². The fourth-order valence-electron chi connectivity index (χ4n) is 1.45. The van der Waals surface area contributed by atoms with E-state index in [1.807, 2.05) is 5.38 Å². The first-order valence-electron chi connectivity index (χ1n) is 6.03. The van der Waals surface area contributed by atoms with Gasteiger partial charge in [-0.05, 0) is 12.8 Å². The third kappa shape index (κ3) is 4.50. The van der Waals surface area contributed by atoms with Crippen molar-refractivity contribution >= 4 is 34.4 Å². The second kappa shape index (κ2) is 6.33. The molecule has 0 radical (unpaired) electrons. The number of nitrogens with zero attached hydrogens (tertiary/aromatic N) is 1. The normalized spacial score (nSPS) is 13.6. The van der Waals surface area contributed by atoms with Gasteiger partial charge in [0.25, 0.3) is 0 Å². The number of thiazole rings is 1. The molecule has 1 fully saturated rings. The highest BCUT2D eigenvalue weighted by Crippen LogP contribution is 2.40. The monoisotopic (exact) mass is 298 g/mol. The van der Waals surface area contributed by atoms with Crippen LogP contribution in [0, 0.1) is 0 Å². The van der Waals surface area contributed by atoms with Gasteiger partial charge in [-0.1, -0.05) is 0 Å². The van der Waals surface area contributed by atoms with E-state index in [0.717, 1.165) is 18.5 Å². The van der Waals surface area contributed by atoms with Gasteiger partial charge in [0.15, 0.2) is 5.13 Å². The van der Waals surface area contributed by atoms with E-state index in [9.17, 15) is 14.4 Å². The number of rotatable bonds is 6. The van der Waals surface area contributed by atoms with Gasteiger partial charge in [-0.25, -0.2) is 9.78 Å². The summed E-state index contributed by atoms with van der Waals surface area (Å²) in [6.07, 6.45) is 2.28. The number of aromatic nitrogens is 1. The molecule has 9 heteroatoms. The summed E-state index contributed by atoms with van der Waals surface area (Å²) >= 11 is 1.33. The number of amides is 3. The van der Waals surface area contributed by atoms with E-state index in [1.165, 1.54) is 11.3 Å². The lowest BCUT2D eigenvalue weighted by molar-refractivity contribution is -0.137. The predicted molar refractivity (Wildman–Crippen MR) is 71.8 cm³/mol. The van der Waals surface area contributed by atoms with E-state index in [1.54, 1.807) is 0 Å². The Morgan fingerprint density at radius 1 is 1.30 bits per heavy atom. The maximum Gasteiger partial charge on any atom is 0.322 e. The largest absolute Gasteiger partial charge is 0.480 e. The van der Waals surface area contributed by atoms with Crippen LogP contribution in [0.1, 0.15) is 24.5 Å². The third-order valence-corrected chi connectivity index (χ3v) is 3.36. The SMILES string of the molecule is O=C(O)CNC(=O)CNC(=O)Nc1nc(C2CC2)cs1. The fraction of sp³-hybridized carbons (Fsp3) is 0.455. The predicted octanol–water partition coefficient (Wildman–Crippen LogP) is 0.343. The summed E-state index contributed by atoms with van der Waals surface area (Å²) in [4.78, 5) is 37.2. The smallest absolute Gasteiger partial charge is 0.322 e. The number of carboxylic acids is 1. The molecule has 0 aliphatic heterocycles. The van der Waals surface area contributed by atoms with Gasteiger partial charge in [0.1, 0.15) is 6.54 Å². The Hall–Kier alpha value is -2.16. The van der Waals surface area contributed by atoms with Gasteiger partial charge < -0.3 is 15.7 Å². The second-order valence-corrected chi connectivity index (χ2v) is 5.19. The van der Waals surface area contributed by atoms with E-state index in [0.29, 0.717) is 11.0 Å². The number of hydrogen-bond acceptors (Lipinski definition) is 5. The Labute approximate surface area is 118 Å². The number of carbonyl (C=O) groups is 3. The summed E-state index contributed by atoms with van der Waals surface area (Å²) in [7, 11) is 0. The average molecular weight is 298 g/mol. The van der Waals surface area contributed by atoms with Gasteiger partial charge in [-0.2, -0.15) is 0 Å². The third-order valence-electron chi connectivity index (χ3n) is 2.58. The molecule has 0 atom stereocenters. The van der Waals surface area contributed by atoms with Crippen LogP contribution in [0.5, 0.6) is 0 Å². The van der Waals surface area contributed by atoms with Crippen LogP contribution in [0.15, 0.2) is 5.38 Å². The Morgan fingerprint density at radius 2 is 2.05 bits per heavy atom. The van der Waals surface area contributed by atoms with Crippen LogP contribution in [0.2, 0.25) is 0 Å². The van der Waals surface area contributed by atoms with Crippen molar-refractivity contribution in [2.45, 2.75) is 18.8 Å². The molecule has 0 spiro atoms. The minimum absolute atomic E-state index is 0.292. The van der Waals surface area contributed by atoms with Crippen molar-refractivity contribution in [3.8, 4) is 0 Å². The van der Waals surface area contributed by atoms with Gasteiger partial charge in [0.05, 0.1) is 12.2 Å². The molecular formula is C11H14N4O4S. The number of carbonyl (C=O) groups excluding carboxylic acids is 2. The molecule has 0 saturated heterocycles. The molecule has 0 unspecified atom stereocenters. The zero-order chi connectivity index (χ0) is 14.5. The van der Waals surface area contributed by atoms with Crippen LogP contribution in [-0.4, -0.2) is 41.1 Å². The van der Waals surface area contributed by atoms with Crippen molar-refractivity contribution in [2.75, 3.05) is 18.4 Å². The molecule has 0 aromatic carbocycles. The molecule has 1 aliphatic rings. The molecule has 2 rings (SSSR count). The molecule has 0 bridgehead atoms. The fourth-order valence-corrected chi connectivity index (χ4v) is 2.24. The molecule has 1 aromatic heterocycles. The molecule has 20 heavy (non-hydrogen) atoms. The minimum atomic E-state index is -1.14. The molecular weight excluding hydrogens is 284 g/mol. The first-order chi connectivity index (χ1) is 9.54. The Kier molecular flexibility index (Phi) is 4.51. The van der Waals surface area contributed by atoms with Gasteiger partial charge in [0, 0.05) is 11.3 Å². The van der Waals surface area contributed by atoms with Crippen LogP contribution in [0.3, 0.4) is 0 Å². The van der Waals surface area contributed by atoms with Gasteiger partial charge >= 0.3 is 12.0 Å². The van der Waals surface area contributed by atoms with Crippen LogP contribution in [-0.2, 0) is 9.59 Å². The van der Waals surface area contributed by atoms with Crippen molar-refractivity contribution < 1.29 is 19.5 Å². The van der Waals surface area contributed by atoms with Gasteiger partial charge in [-0.15, -0.1) is 11.3 Å². The van der Waals surface area contributed by atoms with Crippen molar-refractivity contribution in [1.29, 1.82) is 0 Å². The molecule has 1 aromatic rings. The number of aliphatic carboxylic acids is 1. The summed E-state index contributed by atoms with van der Waals surface area (Å²) < 4.78 is 0. The summed E-state index contributed by atoms with van der Waals surface area (Å²) in [5, 5.41) is 17.7. The van der Waals surface area contributed by atoms with E-state index in [4.69, 9.17) is 5.11 Å². The number of carboxylic acid groups (broad SMARTS) is 1.